The summed E-state index contributed by atoms with van der Waals surface area (Å²) in [6.45, 7) is 5.50. The van der Waals surface area contributed by atoms with Gasteiger partial charge in [-0.15, -0.1) is 0 Å². The molecule has 2 N–H and O–H groups in total. The smallest absolute Gasteiger partial charge is 0.358 e. The van der Waals surface area contributed by atoms with E-state index in [-0.39, 0.29) is 23.4 Å². The summed E-state index contributed by atoms with van der Waals surface area (Å²) in [5.74, 6) is -0.678. The Morgan fingerprint density at radius 1 is 1.50 bits per heavy atom. The Labute approximate surface area is 120 Å². The number of aromatic carboxylic acids is 1. The van der Waals surface area contributed by atoms with Gasteiger partial charge in [-0.05, 0) is 26.8 Å². The fourth-order valence-electron chi connectivity index (χ4n) is 1.74. The number of hydrogen-bond donors (Lipinski definition) is 2. The Balaban J connectivity index is 2.51. The molecule has 0 aliphatic rings. The quantitative estimate of drug-likeness (QED) is 0.842. The standard InChI is InChI=1S/C13H14ClN3O3/c1-6(2)16-9-4-10(14)15-5-8(9)12-17-11(13(18)19)7(3)20-12/h4-6H,1-3H3,(H,15,16)(H,18,19). The van der Waals surface area contributed by atoms with Gasteiger partial charge in [0.15, 0.2) is 5.69 Å². The van der Waals surface area contributed by atoms with E-state index in [1.165, 1.54) is 6.20 Å². The van der Waals surface area contributed by atoms with Gasteiger partial charge in [0.05, 0.1) is 11.3 Å². The fourth-order valence-corrected chi connectivity index (χ4v) is 1.90. The number of carbonyl (C=O) groups is 1. The van der Waals surface area contributed by atoms with Gasteiger partial charge in [-0.3, -0.25) is 0 Å². The zero-order valence-electron chi connectivity index (χ0n) is 11.3. The molecule has 2 heterocycles. The molecule has 0 saturated carbocycles. The molecule has 106 valence electrons. The average Bonchev–Trinajstić information content (AvgIpc) is 2.70. The van der Waals surface area contributed by atoms with Crippen LogP contribution in [-0.4, -0.2) is 27.1 Å². The maximum absolute atomic E-state index is 11.0. The Morgan fingerprint density at radius 2 is 2.20 bits per heavy atom. The Bertz CT molecular complexity index is 652. The normalized spacial score (nSPS) is 10.8. The number of carboxylic acids is 1. The van der Waals surface area contributed by atoms with E-state index >= 15 is 0 Å². The molecule has 0 amide bonds. The van der Waals surface area contributed by atoms with Crippen LogP contribution in [0.2, 0.25) is 5.15 Å². The number of nitrogens with one attached hydrogen (secondary N) is 1. The van der Waals surface area contributed by atoms with E-state index in [4.69, 9.17) is 21.1 Å². The van der Waals surface area contributed by atoms with Crippen LogP contribution in [0.25, 0.3) is 11.5 Å². The van der Waals surface area contributed by atoms with Crippen LogP contribution in [0.1, 0.15) is 30.1 Å². The van der Waals surface area contributed by atoms with Gasteiger partial charge in [0.2, 0.25) is 5.89 Å². The summed E-state index contributed by atoms with van der Waals surface area (Å²) in [5.41, 5.74) is 1.15. The number of hydrogen-bond acceptors (Lipinski definition) is 5. The summed E-state index contributed by atoms with van der Waals surface area (Å²) in [6, 6.07) is 1.82. The molecule has 0 atom stereocenters. The highest BCUT2D eigenvalue weighted by Gasteiger charge is 2.19. The van der Waals surface area contributed by atoms with Crippen molar-refractivity contribution >= 4 is 23.3 Å². The van der Waals surface area contributed by atoms with Gasteiger partial charge in [0.25, 0.3) is 0 Å². The summed E-state index contributed by atoms with van der Waals surface area (Å²) in [5, 5.41) is 12.5. The van der Waals surface area contributed by atoms with Crippen LogP contribution >= 0.6 is 11.6 Å². The third-order valence-electron chi connectivity index (χ3n) is 2.54. The molecule has 0 aliphatic heterocycles. The van der Waals surface area contributed by atoms with Gasteiger partial charge in [-0.25, -0.2) is 14.8 Å². The molecule has 2 aromatic heterocycles. The van der Waals surface area contributed by atoms with Crippen LogP contribution in [0.4, 0.5) is 5.69 Å². The molecule has 2 rings (SSSR count). The number of oxazole rings is 1. The molecule has 0 radical (unpaired) electrons. The van der Waals surface area contributed by atoms with E-state index in [0.29, 0.717) is 16.4 Å². The molecule has 0 aliphatic carbocycles. The molecule has 0 aromatic carbocycles. The summed E-state index contributed by atoms with van der Waals surface area (Å²) < 4.78 is 5.41. The van der Waals surface area contributed by atoms with Crippen molar-refractivity contribution in [1.29, 1.82) is 0 Å². The van der Waals surface area contributed by atoms with Gasteiger partial charge >= 0.3 is 5.97 Å². The predicted molar refractivity (Wildman–Crippen MR) is 75.2 cm³/mol. The predicted octanol–water partition coefficient (Wildman–Crippen LogP) is 3.22. The lowest BCUT2D eigenvalue weighted by atomic mass is 10.2. The van der Waals surface area contributed by atoms with Crippen LogP contribution < -0.4 is 5.32 Å². The zero-order chi connectivity index (χ0) is 14.9. The summed E-state index contributed by atoms with van der Waals surface area (Å²) >= 11 is 5.88. The molecule has 0 bridgehead atoms. The number of anilines is 1. The molecule has 0 saturated heterocycles. The van der Waals surface area contributed by atoms with Crippen LogP contribution in [-0.2, 0) is 0 Å². The lowest BCUT2D eigenvalue weighted by Crippen LogP contribution is -2.11. The maximum atomic E-state index is 11.0. The first-order chi connectivity index (χ1) is 9.38. The summed E-state index contributed by atoms with van der Waals surface area (Å²) in [6.07, 6.45) is 1.50. The first kappa shape index (κ1) is 14.3. The second kappa shape index (κ2) is 5.50. The Kier molecular flexibility index (Phi) is 3.94. The lowest BCUT2D eigenvalue weighted by molar-refractivity contribution is 0.0689. The van der Waals surface area contributed by atoms with Crippen molar-refractivity contribution in [2.45, 2.75) is 26.8 Å². The largest absolute Gasteiger partial charge is 0.476 e. The summed E-state index contributed by atoms with van der Waals surface area (Å²) in [7, 11) is 0. The molecule has 0 spiro atoms. The van der Waals surface area contributed by atoms with Gasteiger partial charge in [-0.1, -0.05) is 11.6 Å². The maximum Gasteiger partial charge on any atom is 0.358 e. The number of aromatic nitrogens is 2. The number of rotatable bonds is 4. The van der Waals surface area contributed by atoms with Crippen molar-refractivity contribution in [3.63, 3.8) is 0 Å². The first-order valence-electron chi connectivity index (χ1n) is 6.01. The van der Waals surface area contributed by atoms with Gasteiger partial charge in [-0.2, -0.15) is 0 Å². The SMILES string of the molecule is Cc1oc(-c2cnc(Cl)cc2NC(C)C)nc1C(=O)O. The minimum atomic E-state index is -1.13. The van der Waals surface area contributed by atoms with E-state index in [2.05, 4.69) is 15.3 Å². The minimum Gasteiger partial charge on any atom is -0.476 e. The molecule has 7 heteroatoms. The minimum absolute atomic E-state index is 0.106. The van der Waals surface area contributed by atoms with Gasteiger partial charge in [0, 0.05) is 12.2 Å². The molecule has 6 nitrogen and oxygen atoms in total. The van der Waals surface area contributed by atoms with Crippen LogP contribution in [0.3, 0.4) is 0 Å². The van der Waals surface area contributed by atoms with E-state index < -0.39 is 5.97 Å². The Morgan fingerprint density at radius 3 is 2.75 bits per heavy atom. The lowest BCUT2D eigenvalue weighted by Gasteiger charge is -2.12. The van der Waals surface area contributed by atoms with Crippen molar-refractivity contribution in [3.8, 4) is 11.5 Å². The van der Waals surface area contributed by atoms with Crippen LogP contribution in [0.5, 0.6) is 0 Å². The summed E-state index contributed by atoms with van der Waals surface area (Å²) in [4.78, 5) is 19.0. The molecule has 0 fully saturated rings. The highest BCUT2D eigenvalue weighted by molar-refractivity contribution is 6.29. The topological polar surface area (TPSA) is 88.3 Å². The van der Waals surface area contributed by atoms with Crippen LogP contribution in [0.15, 0.2) is 16.7 Å². The van der Waals surface area contributed by atoms with E-state index in [9.17, 15) is 4.79 Å². The monoisotopic (exact) mass is 295 g/mol. The zero-order valence-corrected chi connectivity index (χ0v) is 12.0. The molecule has 0 unspecified atom stereocenters. The first-order valence-corrected chi connectivity index (χ1v) is 6.39. The molecular weight excluding hydrogens is 282 g/mol. The van der Waals surface area contributed by atoms with Gasteiger partial charge in [0.1, 0.15) is 10.9 Å². The molecular formula is C13H14ClN3O3. The number of carboxylic acid groups (broad SMARTS) is 1. The number of aryl methyl sites for hydroxylation is 1. The van der Waals surface area contributed by atoms with Crippen LogP contribution in [0, 0.1) is 6.92 Å². The van der Waals surface area contributed by atoms with E-state index in [1.54, 1.807) is 13.0 Å². The van der Waals surface area contributed by atoms with E-state index in [1.807, 2.05) is 13.8 Å². The molecule has 20 heavy (non-hydrogen) atoms. The van der Waals surface area contributed by atoms with Crippen molar-refractivity contribution in [2.75, 3.05) is 5.32 Å². The highest BCUT2D eigenvalue weighted by Crippen LogP contribution is 2.30. The average molecular weight is 296 g/mol. The highest BCUT2D eigenvalue weighted by atomic mass is 35.5. The van der Waals surface area contributed by atoms with Crippen molar-refractivity contribution in [1.82, 2.24) is 9.97 Å². The number of pyridine rings is 1. The second-order valence-electron chi connectivity index (χ2n) is 4.58. The Hall–Kier alpha value is -2.08. The second-order valence-corrected chi connectivity index (χ2v) is 4.97. The van der Waals surface area contributed by atoms with Gasteiger partial charge < -0.3 is 14.8 Å². The number of nitrogens with zero attached hydrogens (tertiary/aromatic N) is 2. The third-order valence-corrected chi connectivity index (χ3v) is 2.75. The van der Waals surface area contributed by atoms with Crippen molar-refractivity contribution < 1.29 is 14.3 Å². The fraction of sp³-hybridized carbons (Fsp3) is 0.308. The van der Waals surface area contributed by atoms with Crippen molar-refractivity contribution in [2.24, 2.45) is 0 Å². The number of halogens is 1. The third kappa shape index (κ3) is 2.91. The van der Waals surface area contributed by atoms with Crippen molar-refractivity contribution in [3.05, 3.63) is 28.9 Å². The molecule has 2 aromatic rings. The van der Waals surface area contributed by atoms with E-state index in [0.717, 1.165) is 0 Å².